The fraction of sp³-hybridized carbons (Fsp3) is 0.571. The lowest BCUT2D eigenvalue weighted by molar-refractivity contribution is -0.0613. The largest absolute Gasteiger partial charge is 0.465 e. The topological polar surface area (TPSA) is 18.5 Å². The van der Waals surface area contributed by atoms with E-state index in [1.807, 2.05) is 37.7 Å². The molecule has 1 aliphatic rings. The Hall–Kier alpha value is -0.670. The second kappa shape index (κ2) is 4.91. The molecule has 17 heavy (non-hydrogen) atoms. The van der Waals surface area contributed by atoms with Gasteiger partial charge in [-0.3, -0.25) is 0 Å². The lowest BCUT2D eigenvalue weighted by Gasteiger charge is -2.15. The molecule has 0 aliphatic carbocycles. The maximum Gasteiger partial charge on any atom is 0.196 e. The second-order valence-electron chi connectivity index (χ2n) is 4.53. The third-order valence-corrected chi connectivity index (χ3v) is 4.92. The normalized spacial score (nSPS) is 28.8. The predicted octanol–water partition coefficient (Wildman–Crippen LogP) is 3.80. The summed E-state index contributed by atoms with van der Waals surface area (Å²) in [5.74, 6) is 0.872. The Balaban J connectivity index is 1.99. The number of hydrogen-bond acceptors (Lipinski definition) is 3. The first-order chi connectivity index (χ1) is 8.06. The molecule has 2 rings (SSSR count). The smallest absolute Gasteiger partial charge is 0.196 e. The zero-order chi connectivity index (χ0) is 12.5. The van der Waals surface area contributed by atoms with E-state index in [0.717, 1.165) is 11.0 Å². The minimum absolute atomic E-state index is 0.185. The minimum Gasteiger partial charge on any atom is -0.465 e. The molecule has 1 aliphatic heterocycles. The van der Waals surface area contributed by atoms with Crippen LogP contribution in [0.4, 0.5) is 0 Å². The summed E-state index contributed by atoms with van der Waals surface area (Å²) >= 11 is 2.01. The van der Waals surface area contributed by atoms with Gasteiger partial charge in [-0.1, -0.05) is 19.1 Å². The van der Waals surface area contributed by atoms with Gasteiger partial charge in [0.2, 0.25) is 0 Å². The zero-order valence-electron chi connectivity index (χ0n) is 10.9. The number of ether oxygens (including phenoxy) is 2. The standard InChI is InChI=1S/C14H20O2S/c1-5-15-11(3)16-13-8-6-12(7-9-13)14(4)10(2)17-14/h6-11H,5H2,1-4H3. The summed E-state index contributed by atoms with van der Waals surface area (Å²) in [5.41, 5.74) is 1.38. The summed E-state index contributed by atoms with van der Waals surface area (Å²) in [6, 6.07) is 8.37. The fourth-order valence-electron chi connectivity index (χ4n) is 1.96. The van der Waals surface area contributed by atoms with Crippen LogP contribution in [0.25, 0.3) is 0 Å². The van der Waals surface area contributed by atoms with E-state index in [9.17, 15) is 0 Å². The van der Waals surface area contributed by atoms with E-state index in [4.69, 9.17) is 9.47 Å². The summed E-state index contributed by atoms with van der Waals surface area (Å²) in [6.45, 7) is 9.12. The molecule has 0 radical (unpaired) electrons. The molecule has 0 spiro atoms. The van der Waals surface area contributed by atoms with E-state index in [2.05, 4.69) is 26.0 Å². The van der Waals surface area contributed by atoms with E-state index >= 15 is 0 Å². The Morgan fingerprint density at radius 1 is 1.35 bits per heavy atom. The third-order valence-electron chi connectivity index (χ3n) is 3.27. The molecule has 3 atom stereocenters. The fourth-order valence-corrected chi connectivity index (χ4v) is 3.04. The molecule has 1 heterocycles. The van der Waals surface area contributed by atoms with Gasteiger partial charge < -0.3 is 9.47 Å². The molecule has 1 aromatic carbocycles. The van der Waals surface area contributed by atoms with Crippen molar-refractivity contribution < 1.29 is 9.47 Å². The Morgan fingerprint density at radius 3 is 2.41 bits per heavy atom. The molecule has 94 valence electrons. The van der Waals surface area contributed by atoms with Gasteiger partial charge in [-0.25, -0.2) is 0 Å². The van der Waals surface area contributed by atoms with Crippen molar-refractivity contribution in [2.24, 2.45) is 0 Å². The van der Waals surface area contributed by atoms with Gasteiger partial charge in [-0.2, -0.15) is 0 Å². The van der Waals surface area contributed by atoms with Crippen molar-refractivity contribution >= 4 is 11.8 Å². The quantitative estimate of drug-likeness (QED) is 0.586. The van der Waals surface area contributed by atoms with Crippen LogP contribution in [0.1, 0.15) is 33.3 Å². The van der Waals surface area contributed by atoms with Crippen LogP contribution < -0.4 is 4.74 Å². The molecule has 3 unspecified atom stereocenters. The van der Waals surface area contributed by atoms with Crippen LogP contribution in [-0.2, 0) is 9.48 Å². The maximum atomic E-state index is 5.64. The van der Waals surface area contributed by atoms with Crippen molar-refractivity contribution in [3.05, 3.63) is 29.8 Å². The first-order valence-corrected chi connectivity index (χ1v) is 7.01. The highest BCUT2D eigenvalue weighted by atomic mass is 32.2. The van der Waals surface area contributed by atoms with Crippen molar-refractivity contribution in [2.75, 3.05) is 6.61 Å². The van der Waals surface area contributed by atoms with Crippen LogP contribution in [0.5, 0.6) is 5.75 Å². The van der Waals surface area contributed by atoms with Crippen LogP contribution in [0.15, 0.2) is 24.3 Å². The van der Waals surface area contributed by atoms with Crippen molar-refractivity contribution in [1.29, 1.82) is 0 Å². The van der Waals surface area contributed by atoms with Gasteiger partial charge in [0, 0.05) is 16.6 Å². The first kappa shape index (κ1) is 12.8. The van der Waals surface area contributed by atoms with Crippen LogP contribution in [0.2, 0.25) is 0 Å². The molecular formula is C14H20O2S. The molecule has 0 amide bonds. The van der Waals surface area contributed by atoms with Crippen molar-refractivity contribution in [2.45, 2.75) is 44.0 Å². The minimum atomic E-state index is -0.185. The Morgan fingerprint density at radius 2 is 1.94 bits per heavy atom. The lowest BCUT2D eigenvalue weighted by Crippen LogP contribution is -2.16. The average molecular weight is 252 g/mol. The molecule has 1 aromatic rings. The molecule has 0 bridgehead atoms. The third kappa shape index (κ3) is 2.78. The van der Waals surface area contributed by atoms with E-state index in [1.165, 1.54) is 5.56 Å². The highest BCUT2D eigenvalue weighted by molar-refractivity contribution is 8.08. The van der Waals surface area contributed by atoms with E-state index in [-0.39, 0.29) is 6.29 Å². The van der Waals surface area contributed by atoms with E-state index in [0.29, 0.717) is 11.4 Å². The zero-order valence-corrected chi connectivity index (χ0v) is 11.7. The van der Waals surface area contributed by atoms with Gasteiger partial charge in [0.1, 0.15) is 5.75 Å². The molecule has 0 saturated carbocycles. The lowest BCUT2D eigenvalue weighted by atomic mass is 9.99. The van der Waals surface area contributed by atoms with Gasteiger partial charge in [-0.15, -0.1) is 11.8 Å². The number of benzene rings is 1. The molecule has 2 nitrogen and oxygen atoms in total. The van der Waals surface area contributed by atoms with Crippen LogP contribution >= 0.6 is 11.8 Å². The molecule has 1 fully saturated rings. The molecule has 0 aromatic heterocycles. The predicted molar refractivity (Wildman–Crippen MR) is 72.6 cm³/mol. The van der Waals surface area contributed by atoms with E-state index < -0.39 is 0 Å². The van der Waals surface area contributed by atoms with Crippen molar-refractivity contribution in [3.63, 3.8) is 0 Å². The summed E-state index contributed by atoms with van der Waals surface area (Å²) < 4.78 is 11.3. The monoisotopic (exact) mass is 252 g/mol. The molecule has 1 saturated heterocycles. The molecular weight excluding hydrogens is 232 g/mol. The Kier molecular flexibility index (Phi) is 3.69. The Bertz CT molecular complexity index is 376. The van der Waals surface area contributed by atoms with Crippen molar-refractivity contribution in [3.8, 4) is 5.75 Å². The van der Waals surface area contributed by atoms with Crippen LogP contribution in [0, 0.1) is 0 Å². The van der Waals surface area contributed by atoms with E-state index in [1.54, 1.807) is 0 Å². The first-order valence-electron chi connectivity index (χ1n) is 6.13. The molecule has 3 heteroatoms. The maximum absolute atomic E-state index is 5.64. The number of rotatable bonds is 5. The van der Waals surface area contributed by atoms with Crippen molar-refractivity contribution in [1.82, 2.24) is 0 Å². The average Bonchev–Trinajstić information content (AvgIpc) is 2.89. The van der Waals surface area contributed by atoms with Gasteiger partial charge >= 0.3 is 0 Å². The summed E-state index contributed by atoms with van der Waals surface area (Å²) in [5, 5.41) is 0.719. The van der Waals surface area contributed by atoms with Gasteiger partial charge in [0.25, 0.3) is 0 Å². The highest BCUT2D eigenvalue weighted by Gasteiger charge is 2.49. The second-order valence-corrected chi connectivity index (χ2v) is 6.32. The SMILES string of the molecule is CCOC(C)Oc1ccc(C2(C)SC2C)cc1. The van der Waals surface area contributed by atoms with Gasteiger partial charge in [0.15, 0.2) is 6.29 Å². The highest BCUT2D eigenvalue weighted by Crippen LogP contribution is 2.60. The number of hydrogen-bond donors (Lipinski definition) is 0. The van der Waals surface area contributed by atoms with Gasteiger partial charge in [0.05, 0.1) is 0 Å². The summed E-state index contributed by atoms with van der Waals surface area (Å²) in [6.07, 6.45) is -0.185. The van der Waals surface area contributed by atoms with Crippen LogP contribution in [0.3, 0.4) is 0 Å². The van der Waals surface area contributed by atoms with Crippen LogP contribution in [-0.4, -0.2) is 18.1 Å². The Labute approximate surface area is 108 Å². The number of thioether (sulfide) groups is 1. The van der Waals surface area contributed by atoms with Gasteiger partial charge in [-0.05, 0) is 38.5 Å². The summed E-state index contributed by atoms with van der Waals surface area (Å²) in [4.78, 5) is 0. The summed E-state index contributed by atoms with van der Waals surface area (Å²) in [7, 11) is 0. The molecule has 0 N–H and O–H groups in total.